The van der Waals surface area contributed by atoms with Gasteiger partial charge in [-0.25, -0.2) is 0 Å². The molecule has 0 atom stereocenters. The van der Waals surface area contributed by atoms with E-state index in [2.05, 4.69) is 4.98 Å². The number of nitrogens with zero attached hydrogens (tertiary/aromatic N) is 2. The van der Waals surface area contributed by atoms with Crippen molar-refractivity contribution < 1.29 is 4.79 Å². The van der Waals surface area contributed by atoms with Crippen molar-refractivity contribution in [3.8, 4) is 0 Å². The number of aromatic nitrogens is 1. The zero-order chi connectivity index (χ0) is 14.5. The minimum Gasteiger partial charge on any atom is -0.399 e. The van der Waals surface area contributed by atoms with E-state index >= 15 is 0 Å². The number of hydrogen-bond donors (Lipinski definition) is 1. The fourth-order valence-corrected chi connectivity index (χ4v) is 2.03. The highest BCUT2D eigenvalue weighted by Crippen LogP contribution is 2.14. The Morgan fingerprint density at radius 3 is 2.70 bits per heavy atom. The maximum Gasteiger partial charge on any atom is 0.255 e. The van der Waals surface area contributed by atoms with Crippen LogP contribution in [0.25, 0.3) is 0 Å². The number of anilines is 1. The van der Waals surface area contributed by atoms with Gasteiger partial charge in [0.1, 0.15) is 0 Å². The molecular formula is C16H19N3O. The molecule has 20 heavy (non-hydrogen) atoms. The quantitative estimate of drug-likeness (QED) is 0.868. The van der Waals surface area contributed by atoms with Gasteiger partial charge in [0.15, 0.2) is 0 Å². The first-order valence-corrected chi connectivity index (χ1v) is 6.63. The lowest BCUT2D eigenvalue weighted by Gasteiger charge is -2.27. The van der Waals surface area contributed by atoms with Crippen LogP contribution in [0.4, 0.5) is 5.69 Å². The molecule has 0 radical (unpaired) electrons. The summed E-state index contributed by atoms with van der Waals surface area (Å²) in [5, 5.41) is 0. The van der Waals surface area contributed by atoms with E-state index in [1.165, 1.54) is 0 Å². The fourth-order valence-electron chi connectivity index (χ4n) is 2.03. The highest BCUT2D eigenvalue weighted by Gasteiger charge is 2.19. The van der Waals surface area contributed by atoms with Crippen LogP contribution in [-0.4, -0.2) is 21.8 Å². The van der Waals surface area contributed by atoms with Crippen LogP contribution in [0.5, 0.6) is 0 Å². The molecule has 4 nitrogen and oxygen atoms in total. The van der Waals surface area contributed by atoms with Crippen LogP contribution in [0.3, 0.4) is 0 Å². The Kier molecular flexibility index (Phi) is 4.35. The van der Waals surface area contributed by atoms with Crippen molar-refractivity contribution in [3.63, 3.8) is 0 Å². The fraction of sp³-hybridized carbons (Fsp3) is 0.250. The molecule has 1 aromatic heterocycles. The molecule has 0 spiro atoms. The van der Waals surface area contributed by atoms with Gasteiger partial charge >= 0.3 is 0 Å². The summed E-state index contributed by atoms with van der Waals surface area (Å²) < 4.78 is 0. The van der Waals surface area contributed by atoms with Crippen LogP contribution in [0.2, 0.25) is 0 Å². The molecule has 0 bridgehead atoms. The average Bonchev–Trinajstić information content (AvgIpc) is 2.45. The Labute approximate surface area is 119 Å². The van der Waals surface area contributed by atoms with Crippen molar-refractivity contribution in [2.75, 3.05) is 5.73 Å². The molecule has 1 amide bonds. The van der Waals surface area contributed by atoms with Gasteiger partial charge in [0.25, 0.3) is 5.91 Å². The van der Waals surface area contributed by atoms with Crippen molar-refractivity contribution in [1.82, 2.24) is 9.88 Å². The molecule has 0 saturated carbocycles. The predicted molar refractivity (Wildman–Crippen MR) is 80.1 cm³/mol. The van der Waals surface area contributed by atoms with Gasteiger partial charge in [0.05, 0.1) is 5.56 Å². The highest BCUT2D eigenvalue weighted by molar-refractivity contribution is 5.94. The zero-order valence-corrected chi connectivity index (χ0v) is 11.8. The third-order valence-electron chi connectivity index (χ3n) is 3.10. The third kappa shape index (κ3) is 3.35. The van der Waals surface area contributed by atoms with Crippen LogP contribution in [-0.2, 0) is 6.54 Å². The second-order valence-corrected chi connectivity index (χ2v) is 5.01. The van der Waals surface area contributed by atoms with Gasteiger partial charge in [-0.3, -0.25) is 9.78 Å². The molecule has 0 saturated heterocycles. The molecule has 2 N–H and O–H groups in total. The lowest BCUT2D eigenvalue weighted by molar-refractivity contribution is 0.0690. The molecule has 2 rings (SSSR count). The van der Waals surface area contributed by atoms with Crippen LogP contribution in [0.1, 0.15) is 29.8 Å². The first-order valence-electron chi connectivity index (χ1n) is 6.63. The Bertz CT molecular complexity index is 581. The highest BCUT2D eigenvalue weighted by atomic mass is 16.2. The molecule has 0 fully saturated rings. The number of carbonyl (C=O) groups excluding carboxylic acids is 1. The van der Waals surface area contributed by atoms with Crippen LogP contribution in [0, 0.1) is 0 Å². The maximum atomic E-state index is 12.5. The van der Waals surface area contributed by atoms with E-state index in [-0.39, 0.29) is 11.9 Å². The Hall–Kier alpha value is -2.36. The number of rotatable bonds is 4. The molecule has 0 aliphatic rings. The second kappa shape index (κ2) is 6.19. The zero-order valence-electron chi connectivity index (χ0n) is 11.8. The van der Waals surface area contributed by atoms with Gasteiger partial charge in [-0.15, -0.1) is 0 Å². The van der Waals surface area contributed by atoms with E-state index in [4.69, 9.17) is 5.73 Å². The number of pyridine rings is 1. The SMILES string of the molecule is CC(C)N(Cc1cccc(N)c1)C(=O)c1cccnc1. The first kappa shape index (κ1) is 14.1. The minimum absolute atomic E-state index is 0.0180. The van der Waals surface area contributed by atoms with E-state index in [1.54, 1.807) is 24.5 Å². The summed E-state index contributed by atoms with van der Waals surface area (Å²) >= 11 is 0. The molecule has 0 aliphatic carbocycles. The first-order chi connectivity index (χ1) is 9.58. The summed E-state index contributed by atoms with van der Waals surface area (Å²) in [5.74, 6) is -0.0180. The van der Waals surface area contributed by atoms with Crippen molar-refractivity contribution in [2.24, 2.45) is 0 Å². The van der Waals surface area contributed by atoms with Gasteiger partial charge in [0.2, 0.25) is 0 Å². The lowest BCUT2D eigenvalue weighted by atomic mass is 10.1. The second-order valence-electron chi connectivity index (χ2n) is 5.01. The van der Waals surface area contributed by atoms with Crippen molar-refractivity contribution >= 4 is 11.6 Å². The Morgan fingerprint density at radius 2 is 2.10 bits per heavy atom. The summed E-state index contributed by atoms with van der Waals surface area (Å²) in [7, 11) is 0. The molecule has 4 heteroatoms. The summed E-state index contributed by atoms with van der Waals surface area (Å²) in [6.07, 6.45) is 3.26. The molecule has 0 unspecified atom stereocenters. The molecule has 0 aliphatic heterocycles. The van der Waals surface area contributed by atoms with Gasteiger partial charge < -0.3 is 10.6 Å². The van der Waals surface area contributed by atoms with E-state index in [0.29, 0.717) is 17.8 Å². The normalized spacial score (nSPS) is 10.6. The summed E-state index contributed by atoms with van der Waals surface area (Å²) in [6.45, 7) is 4.54. The minimum atomic E-state index is -0.0180. The summed E-state index contributed by atoms with van der Waals surface area (Å²) in [5.41, 5.74) is 8.12. The standard InChI is InChI=1S/C16H19N3O/c1-12(2)19(11-13-5-3-7-15(17)9-13)16(20)14-6-4-8-18-10-14/h3-10,12H,11,17H2,1-2H3. The number of nitrogens with two attached hydrogens (primary N) is 1. The molecule has 2 aromatic rings. The number of hydrogen-bond acceptors (Lipinski definition) is 3. The van der Waals surface area contributed by atoms with Gasteiger partial charge in [-0.05, 0) is 43.7 Å². The number of carbonyl (C=O) groups is 1. The monoisotopic (exact) mass is 269 g/mol. The lowest BCUT2D eigenvalue weighted by Crippen LogP contribution is -2.36. The van der Waals surface area contributed by atoms with E-state index < -0.39 is 0 Å². The molecular weight excluding hydrogens is 250 g/mol. The van der Waals surface area contributed by atoms with Gasteiger partial charge in [0, 0.05) is 30.7 Å². The Morgan fingerprint density at radius 1 is 1.30 bits per heavy atom. The van der Waals surface area contributed by atoms with Crippen LogP contribution < -0.4 is 5.73 Å². The summed E-state index contributed by atoms with van der Waals surface area (Å²) in [4.78, 5) is 18.3. The van der Waals surface area contributed by atoms with Gasteiger partial charge in [-0.2, -0.15) is 0 Å². The third-order valence-corrected chi connectivity index (χ3v) is 3.10. The van der Waals surface area contributed by atoms with Gasteiger partial charge in [-0.1, -0.05) is 12.1 Å². The smallest absolute Gasteiger partial charge is 0.255 e. The van der Waals surface area contributed by atoms with Crippen molar-refractivity contribution in [2.45, 2.75) is 26.4 Å². The average molecular weight is 269 g/mol. The number of amides is 1. The predicted octanol–water partition coefficient (Wildman–Crippen LogP) is 2.71. The Balaban J connectivity index is 2.22. The summed E-state index contributed by atoms with van der Waals surface area (Å²) in [6, 6.07) is 11.3. The van der Waals surface area contributed by atoms with E-state index in [1.807, 2.05) is 43.0 Å². The van der Waals surface area contributed by atoms with E-state index in [0.717, 1.165) is 5.56 Å². The largest absolute Gasteiger partial charge is 0.399 e. The van der Waals surface area contributed by atoms with Crippen LogP contribution >= 0.6 is 0 Å². The van der Waals surface area contributed by atoms with Crippen molar-refractivity contribution in [3.05, 3.63) is 59.9 Å². The number of nitrogen functional groups attached to an aromatic ring is 1. The molecule has 1 aromatic carbocycles. The van der Waals surface area contributed by atoms with E-state index in [9.17, 15) is 4.79 Å². The van der Waals surface area contributed by atoms with Crippen LogP contribution in [0.15, 0.2) is 48.8 Å². The number of benzene rings is 1. The molecule has 104 valence electrons. The van der Waals surface area contributed by atoms with Crippen molar-refractivity contribution in [1.29, 1.82) is 0 Å². The topological polar surface area (TPSA) is 59.2 Å². The maximum absolute atomic E-state index is 12.5. The molecule has 1 heterocycles.